The smallest absolute Gasteiger partial charge is 0.142 e. The summed E-state index contributed by atoms with van der Waals surface area (Å²) < 4.78 is 0. The van der Waals surface area contributed by atoms with Gasteiger partial charge in [-0.1, -0.05) is 25.5 Å². The molecule has 0 atom stereocenters. The Morgan fingerprint density at radius 3 is 2.71 bits per heavy atom. The molecule has 0 aliphatic rings. The number of hydrogen-bond donors (Lipinski definition) is 1. The van der Waals surface area contributed by atoms with Gasteiger partial charge in [-0.05, 0) is 43.5 Å². The van der Waals surface area contributed by atoms with Crippen molar-refractivity contribution in [2.75, 3.05) is 5.32 Å². The molecule has 0 spiro atoms. The molecule has 1 N–H and O–H groups in total. The van der Waals surface area contributed by atoms with E-state index in [4.69, 9.17) is 0 Å². The molecule has 3 aromatic rings. The van der Waals surface area contributed by atoms with Crippen LogP contribution in [0.3, 0.4) is 0 Å². The summed E-state index contributed by atoms with van der Waals surface area (Å²) >= 11 is 1.70. The molecule has 1 aromatic carbocycles. The molecule has 2 aromatic heterocycles. The van der Waals surface area contributed by atoms with E-state index in [-0.39, 0.29) is 0 Å². The molecule has 4 heteroatoms. The van der Waals surface area contributed by atoms with Crippen molar-refractivity contribution in [1.29, 1.82) is 0 Å². The van der Waals surface area contributed by atoms with E-state index in [9.17, 15) is 0 Å². The van der Waals surface area contributed by atoms with Gasteiger partial charge in [0.25, 0.3) is 0 Å². The highest BCUT2D eigenvalue weighted by atomic mass is 32.1. The number of benzene rings is 1. The first-order valence-corrected chi connectivity index (χ1v) is 8.15. The Bertz CT molecular complexity index is 731. The number of nitrogens with zero attached hydrogens (tertiary/aromatic N) is 2. The molecule has 0 aliphatic heterocycles. The van der Waals surface area contributed by atoms with E-state index in [0.717, 1.165) is 28.1 Å². The van der Waals surface area contributed by atoms with E-state index < -0.39 is 0 Å². The normalized spacial score (nSPS) is 11.0. The van der Waals surface area contributed by atoms with Crippen LogP contribution in [0, 0.1) is 6.92 Å². The third-order valence-electron chi connectivity index (χ3n) is 3.49. The molecule has 0 saturated heterocycles. The number of hydrogen-bond acceptors (Lipinski definition) is 4. The van der Waals surface area contributed by atoms with Crippen LogP contribution < -0.4 is 5.32 Å². The number of nitrogens with one attached hydrogen (secondary N) is 1. The van der Waals surface area contributed by atoms with E-state index in [2.05, 4.69) is 59.5 Å². The van der Waals surface area contributed by atoms with Gasteiger partial charge in [-0.2, -0.15) is 0 Å². The van der Waals surface area contributed by atoms with Gasteiger partial charge < -0.3 is 5.32 Å². The van der Waals surface area contributed by atoms with Crippen molar-refractivity contribution in [3.05, 3.63) is 47.1 Å². The number of rotatable bonds is 5. The number of anilines is 2. The van der Waals surface area contributed by atoms with E-state index in [1.165, 1.54) is 23.3 Å². The zero-order chi connectivity index (χ0) is 14.7. The second-order valence-electron chi connectivity index (χ2n) is 5.22. The summed E-state index contributed by atoms with van der Waals surface area (Å²) in [6.45, 7) is 4.32. The van der Waals surface area contributed by atoms with Crippen LogP contribution in [-0.4, -0.2) is 9.97 Å². The Labute approximate surface area is 129 Å². The van der Waals surface area contributed by atoms with Crippen molar-refractivity contribution in [2.45, 2.75) is 33.1 Å². The topological polar surface area (TPSA) is 37.8 Å². The molecule has 0 aliphatic carbocycles. The molecule has 0 unspecified atom stereocenters. The minimum atomic E-state index is 0.880. The fourth-order valence-corrected chi connectivity index (χ4v) is 3.20. The Morgan fingerprint density at radius 1 is 1.14 bits per heavy atom. The van der Waals surface area contributed by atoms with Crippen molar-refractivity contribution < 1.29 is 0 Å². The number of aromatic nitrogens is 2. The molecule has 0 bridgehead atoms. The molecular formula is C17H19N3S. The minimum Gasteiger partial charge on any atom is -0.340 e. The van der Waals surface area contributed by atoms with Crippen LogP contribution in [0.2, 0.25) is 0 Å². The summed E-state index contributed by atoms with van der Waals surface area (Å²) in [6, 6.07) is 10.8. The maximum Gasteiger partial charge on any atom is 0.142 e. The summed E-state index contributed by atoms with van der Waals surface area (Å²) in [5.74, 6) is 0.880. The Kier molecular flexibility index (Phi) is 4.15. The third kappa shape index (κ3) is 3.22. The highest BCUT2D eigenvalue weighted by Gasteiger charge is 2.07. The van der Waals surface area contributed by atoms with Crippen LogP contribution in [0.4, 0.5) is 11.5 Å². The average molecular weight is 297 g/mol. The summed E-state index contributed by atoms with van der Waals surface area (Å²) in [7, 11) is 0. The van der Waals surface area contributed by atoms with E-state index >= 15 is 0 Å². The van der Waals surface area contributed by atoms with Crippen molar-refractivity contribution in [2.24, 2.45) is 0 Å². The molecule has 0 saturated carbocycles. The maximum absolute atomic E-state index is 4.37. The summed E-state index contributed by atoms with van der Waals surface area (Å²) in [6.07, 6.45) is 5.25. The molecule has 2 heterocycles. The number of aryl methyl sites for hydroxylation is 2. The van der Waals surface area contributed by atoms with Gasteiger partial charge in [0, 0.05) is 10.6 Å². The average Bonchev–Trinajstić information content (AvgIpc) is 2.88. The van der Waals surface area contributed by atoms with Crippen molar-refractivity contribution in [3.8, 4) is 0 Å². The monoisotopic (exact) mass is 297 g/mol. The molecular weight excluding hydrogens is 278 g/mol. The van der Waals surface area contributed by atoms with Gasteiger partial charge in [0.05, 0.1) is 5.39 Å². The largest absolute Gasteiger partial charge is 0.340 e. The SMILES string of the molecule is CCCCc1ccc(Nc2ncnc3sc(C)cc23)cc1. The number of unbranched alkanes of at least 4 members (excludes halogenated alkanes) is 1. The van der Waals surface area contributed by atoms with E-state index in [0.29, 0.717) is 0 Å². The van der Waals surface area contributed by atoms with Crippen LogP contribution in [0.1, 0.15) is 30.2 Å². The van der Waals surface area contributed by atoms with Crippen LogP contribution >= 0.6 is 11.3 Å². The van der Waals surface area contributed by atoms with Crippen LogP contribution in [0.15, 0.2) is 36.7 Å². The fraction of sp³-hybridized carbons (Fsp3) is 0.294. The minimum absolute atomic E-state index is 0.880. The van der Waals surface area contributed by atoms with Gasteiger partial charge in [-0.3, -0.25) is 0 Å². The van der Waals surface area contributed by atoms with Crippen LogP contribution in [0.25, 0.3) is 10.2 Å². The highest BCUT2D eigenvalue weighted by molar-refractivity contribution is 7.18. The first-order chi connectivity index (χ1) is 10.3. The predicted molar refractivity (Wildman–Crippen MR) is 90.5 cm³/mol. The summed E-state index contributed by atoms with van der Waals surface area (Å²) in [5.41, 5.74) is 2.46. The molecule has 3 rings (SSSR count). The first kappa shape index (κ1) is 14.0. The summed E-state index contributed by atoms with van der Waals surface area (Å²) in [5, 5.41) is 4.49. The van der Waals surface area contributed by atoms with Crippen LogP contribution in [0.5, 0.6) is 0 Å². The van der Waals surface area contributed by atoms with Gasteiger partial charge in [-0.25, -0.2) is 9.97 Å². The van der Waals surface area contributed by atoms with Gasteiger partial charge >= 0.3 is 0 Å². The van der Waals surface area contributed by atoms with Crippen molar-refractivity contribution in [3.63, 3.8) is 0 Å². The Balaban J connectivity index is 1.81. The van der Waals surface area contributed by atoms with Crippen LogP contribution in [-0.2, 0) is 6.42 Å². The second kappa shape index (κ2) is 6.22. The zero-order valence-electron chi connectivity index (χ0n) is 12.4. The first-order valence-electron chi connectivity index (χ1n) is 7.33. The third-order valence-corrected chi connectivity index (χ3v) is 4.45. The maximum atomic E-state index is 4.37. The molecule has 108 valence electrons. The standard InChI is InChI=1S/C17H19N3S/c1-3-4-5-13-6-8-14(9-7-13)20-16-15-10-12(2)21-17(15)19-11-18-16/h6-11H,3-5H2,1-2H3,(H,18,19,20). The van der Waals surface area contributed by atoms with Gasteiger partial charge in [0.1, 0.15) is 17.0 Å². The van der Waals surface area contributed by atoms with Gasteiger partial charge in [-0.15, -0.1) is 11.3 Å². The van der Waals surface area contributed by atoms with Gasteiger partial charge in [0.15, 0.2) is 0 Å². The molecule has 0 radical (unpaired) electrons. The second-order valence-corrected chi connectivity index (χ2v) is 6.46. The lowest BCUT2D eigenvalue weighted by Gasteiger charge is -2.07. The molecule has 3 nitrogen and oxygen atoms in total. The fourth-order valence-electron chi connectivity index (χ4n) is 2.35. The van der Waals surface area contributed by atoms with E-state index in [1.807, 2.05) is 0 Å². The lowest BCUT2D eigenvalue weighted by atomic mass is 10.1. The highest BCUT2D eigenvalue weighted by Crippen LogP contribution is 2.29. The molecule has 21 heavy (non-hydrogen) atoms. The quantitative estimate of drug-likeness (QED) is 0.713. The molecule has 0 fully saturated rings. The lowest BCUT2D eigenvalue weighted by Crippen LogP contribution is -1.95. The molecule has 0 amide bonds. The Morgan fingerprint density at radius 2 is 1.95 bits per heavy atom. The number of thiophene rings is 1. The zero-order valence-corrected chi connectivity index (χ0v) is 13.2. The lowest BCUT2D eigenvalue weighted by molar-refractivity contribution is 0.795. The van der Waals surface area contributed by atoms with Crippen molar-refractivity contribution >= 4 is 33.1 Å². The van der Waals surface area contributed by atoms with E-state index in [1.54, 1.807) is 17.7 Å². The predicted octanol–water partition coefficient (Wildman–Crippen LogP) is 5.09. The summed E-state index contributed by atoms with van der Waals surface area (Å²) in [4.78, 5) is 11.0. The number of fused-ring (bicyclic) bond motifs is 1. The van der Waals surface area contributed by atoms with Crippen molar-refractivity contribution in [1.82, 2.24) is 9.97 Å². The van der Waals surface area contributed by atoms with Gasteiger partial charge in [0.2, 0.25) is 0 Å². The Hall–Kier alpha value is -1.94.